The van der Waals surface area contributed by atoms with Crippen LogP contribution in [0.1, 0.15) is 11.4 Å². The van der Waals surface area contributed by atoms with Crippen LogP contribution in [0, 0.1) is 6.92 Å². The molecule has 1 aromatic carbocycles. The molecule has 1 N–H and O–H groups in total. The summed E-state index contributed by atoms with van der Waals surface area (Å²) in [5.74, 6) is 0.759. The van der Waals surface area contributed by atoms with Gasteiger partial charge in [0.25, 0.3) is 0 Å². The van der Waals surface area contributed by atoms with Crippen LogP contribution in [-0.4, -0.2) is 33.8 Å². The van der Waals surface area contributed by atoms with Crippen molar-refractivity contribution in [2.24, 2.45) is 0 Å². The lowest BCUT2D eigenvalue weighted by Crippen LogP contribution is -2.11. The Bertz CT molecular complexity index is 446. The lowest BCUT2D eigenvalue weighted by atomic mass is 10.2. The molecule has 0 atom stereocenters. The molecule has 0 radical (unpaired) electrons. The van der Waals surface area contributed by atoms with Crippen LogP contribution in [0.25, 0.3) is 5.69 Å². The quantitative estimate of drug-likeness (QED) is 0.820. The highest BCUT2D eigenvalue weighted by Gasteiger charge is 2.03. The predicted molar refractivity (Wildman–Crippen MR) is 61.5 cm³/mol. The molecule has 5 nitrogen and oxygen atoms in total. The standard InChI is InChI=1S/C11H15N5/c1-9-3-5-10(6-4-9)16-14-11(13-15-16)7-8-12-2/h3-6,12H,7-8H2,1-2H3. The summed E-state index contributed by atoms with van der Waals surface area (Å²) < 4.78 is 0. The number of rotatable bonds is 4. The maximum absolute atomic E-state index is 4.30. The topological polar surface area (TPSA) is 55.6 Å². The Balaban J connectivity index is 2.15. The molecule has 1 aromatic heterocycles. The fourth-order valence-corrected chi connectivity index (χ4v) is 1.37. The van der Waals surface area contributed by atoms with Gasteiger partial charge in [-0.1, -0.05) is 17.7 Å². The van der Waals surface area contributed by atoms with E-state index in [1.807, 2.05) is 31.3 Å². The minimum Gasteiger partial charge on any atom is -0.319 e. The number of nitrogens with one attached hydrogen (secondary N) is 1. The van der Waals surface area contributed by atoms with E-state index in [0.29, 0.717) is 0 Å². The van der Waals surface area contributed by atoms with Gasteiger partial charge in [-0.2, -0.15) is 0 Å². The zero-order valence-electron chi connectivity index (χ0n) is 9.51. The van der Waals surface area contributed by atoms with E-state index in [0.717, 1.165) is 24.5 Å². The van der Waals surface area contributed by atoms with Gasteiger partial charge in [0.05, 0.1) is 5.69 Å². The second kappa shape index (κ2) is 4.85. The predicted octanol–water partition coefficient (Wildman–Crippen LogP) is 0.733. The largest absolute Gasteiger partial charge is 0.319 e. The van der Waals surface area contributed by atoms with Gasteiger partial charge in [-0.3, -0.25) is 0 Å². The first-order valence-corrected chi connectivity index (χ1v) is 5.30. The van der Waals surface area contributed by atoms with Gasteiger partial charge in [-0.15, -0.1) is 15.0 Å². The molecule has 0 fully saturated rings. The molecule has 0 aliphatic rings. The number of benzene rings is 1. The van der Waals surface area contributed by atoms with Crippen molar-refractivity contribution in [1.82, 2.24) is 25.5 Å². The van der Waals surface area contributed by atoms with Crippen molar-refractivity contribution in [3.05, 3.63) is 35.7 Å². The van der Waals surface area contributed by atoms with Crippen molar-refractivity contribution in [3.8, 4) is 5.69 Å². The van der Waals surface area contributed by atoms with Crippen LogP contribution in [-0.2, 0) is 6.42 Å². The third-order valence-electron chi connectivity index (χ3n) is 2.32. The fourth-order valence-electron chi connectivity index (χ4n) is 1.37. The molecule has 0 spiro atoms. The molecule has 16 heavy (non-hydrogen) atoms. The van der Waals surface area contributed by atoms with Crippen LogP contribution in [0.3, 0.4) is 0 Å². The monoisotopic (exact) mass is 217 g/mol. The fraction of sp³-hybridized carbons (Fsp3) is 0.364. The van der Waals surface area contributed by atoms with Gasteiger partial charge in [-0.25, -0.2) is 0 Å². The van der Waals surface area contributed by atoms with Crippen molar-refractivity contribution in [3.63, 3.8) is 0 Å². The molecule has 0 amide bonds. The van der Waals surface area contributed by atoms with Crippen LogP contribution in [0.4, 0.5) is 0 Å². The average Bonchev–Trinajstić information content (AvgIpc) is 2.76. The second-order valence-electron chi connectivity index (χ2n) is 3.68. The van der Waals surface area contributed by atoms with Gasteiger partial charge in [0, 0.05) is 13.0 Å². The highest BCUT2D eigenvalue weighted by molar-refractivity contribution is 5.31. The number of tetrazole rings is 1. The van der Waals surface area contributed by atoms with E-state index in [1.165, 1.54) is 5.56 Å². The molecule has 1 heterocycles. The zero-order valence-corrected chi connectivity index (χ0v) is 9.51. The van der Waals surface area contributed by atoms with E-state index in [4.69, 9.17) is 0 Å². The van der Waals surface area contributed by atoms with E-state index in [2.05, 4.69) is 27.7 Å². The number of likely N-dealkylation sites (N-methyl/N-ethyl adjacent to an activating group) is 1. The van der Waals surface area contributed by atoms with Gasteiger partial charge < -0.3 is 5.32 Å². The lowest BCUT2D eigenvalue weighted by molar-refractivity contribution is 0.713. The molecule has 0 unspecified atom stereocenters. The number of aromatic nitrogens is 4. The normalized spacial score (nSPS) is 10.6. The van der Waals surface area contributed by atoms with Crippen molar-refractivity contribution >= 4 is 0 Å². The van der Waals surface area contributed by atoms with Gasteiger partial charge in [0.15, 0.2) is 5.82 Å². The molecule has 0 saturated carbocycles. The first-order chi connectivity index (χ1) is 7.79. The van der Waals surface area contributed by atoms with Gasteiger partial charge >= 0.3 is 0 Å². The third kappa shape index (κ3) is 2.43. The van der Waals surface area contributed by atoms with Crippen LogP contribution in [0.5, 0.6) is 0 Å². The number of hydrogen-bond donors (Lipinski definition) is 1. The Labute approximate surface area is 94.5 Å². The summed E-state index contributed by atoms with van der Waals surface area (Å²) in [5, 5.41) is 15.4. The molecule has 0 bridgehead atoms. The molecule has 0 aliphatic heterocycles. The SMILES string of the molecule is CNCCc1nnn(-c2ccc(C)cc2)n1. The third-order valence-corrected chi connectivity index (χ3v) is 2.32. The molecular formula is C11H15N5. The highest BCUT2D eigenvalue weighted by atomic mass is 15.6. The first kappa shape index (κ1) is 10.8. The van der Waals surface area contributed by atoms with E-state index in [1.54, 1.807) is 4.80 Å². The van der Waals surface area contributed by atoms with E-state index < -0.39 is 0 Å². The number of aryl methyl sites for hydroxylation is 1. The van der Waals surface area contributed by atoms with Gasteiger partial charge in [0.1, 0.15) is 0 Å². The second-order valence-corrected chi connectivity index (χ2v) is 3.68. The van der Waals surface area contributed by atoms with Crippen molar-refractivity contribution in [1.29, 1.82) is 0 Å². The summed E-state index contributed by atoms with van der Waals surface area (Å²) in [6, 6.07) is 8.04. The van der Waals surface area contributed by atoms with Crippen LogP contribution >= 0.6 is 0 Å². The Morgan fingerprint density at radius 1 is 1.25 bits per heavy atom. The molecule has 0 aliphatic carbocycles. The van der Waals surface area contributed by atoms with Crippen molar-refractivity contribution in [2.45, 2.75) is 13.3 Å². The van der Waals surface area contributed by atoms with Crippen LogP contribution in [0.15, 0.2) is 24.3 Å². The van der Waals surface area contributed by atoms with E-state index >= 15 is 0 Å². The van der Waals surface area contributed by atoms with Crippen LogP contribution < -0.4 is 5.32 Å². The van der Waals surface area contributed by atoms with Crippen molar-refractivity contribution in [2.75, 3.05) is 13.6 Å². The number of hydrogen-bond acceptors (Lipinski definition) is 4. The summed E-state index contributed by atoms with van der Waals surface area (Å²) in [5.41, 5.74) is 2.16. The zero-order chi connectivity index (χ0) is 11.4. The minimum absolute atomic E-state index is 0.759. The Morgan fingerprint density at radius 3 is 2.69 bits per heavy atom. The summed E-state index contributed by atoms with van der Waals surface area (Å²) in [4.78, 5) is 1.56. The van der Waals surface area contributed by atoms with E-state index in [9.17, 15) is 0 Å². The lowest BCUT2D eigenvalue weighted by Gasteiger charge is -1.98. The summed E-state index contributed by atoms with van der Waals surface area (Å²) >= 11 is 0. The molecule has 84 valence electrons. The Kier molecular flexibility index (Phi) is 3.26. The smallest absolute Gasteiger partial charge is 0.176 e. The maximum Gasteiger partial charge on any atom is 0.176 e. The Morgan fingerprint density at radius 2 is 2.00 bits per heavy atom. The van der Waals surface area contributed by atoms with Gasteiger partial charge in [0.2, 0.25) is 0 Å². The first-order valence-electron chi connectivity index (χ1n) is 5.30. The van der Waals surface area contributed by atoms with E-state index in [-0.39, 0.29) is 0 Å². The molecule has 5 heteroatoms. The summed E-state index contributed by atoms with van der Waals surface area (Å²) in [6.07, 6.45) is 0.794. The molecular weight excluding hydrogens is 202 g/mol. The summed E-state index contributed by atoms with van der Waals surface area (Å²) in [6.45, 7) is 2.91. The minimum atomic E-state index is 0.759. The maximum atomic E-state index is 4.30. The highest BCUT2D eigenvalue weighted by Crippen LogP contribution is 2.06. The Hall–Kier alpha value is -1.75. The number of nitrogens with zero attached hydrogens (tertiary/aromatic N) is 4. The average molecular weight is 217 g/mol. The molecule has 2 rings (SSSR count). The van der Waals surface area contributed by atoms with Gasteiger partial charge in [-0.05, 0) is 31.3 Å². The van der Waals surface area contributed by atoms with Crippen molar-refractivity contribution < 1.29 is 0 Å². The summed E-state index contributed by atoms with van der Waals surface area (Å²) in [7, 11) is 1.91. The van der Waals surface area contributed by atoms with Crippen LogP contribution in [0.2, 0.25) is 0 Å². The molecule has 2 aromatic rings. The molecule has 0 saturated heterocycles.